The molecule has 1 N–H and O–H groups in total. The minimum atomic E-state index is -0.477. The lowest BCUT2D eigenvalue weighted by atomic mass is 9.93. The number of anilines is 1. The van der Waals surface area contributed by atoms with Crippen molar-refractivity contribution in [1.29, 1.82) is 0 Å². The zero-order chi connectivity index (χ0) is 19.0. The molecule has 0 saturated heterocycles. The van der Waals surface area contributed by atoms with E-state index in [1.165, 1.54) is 13.4 Å². The van der Waals surface area contributed by atoms with E-state index in [1.54, 1.807) is 16.8 Å². The molecular formula is C19H14BrClN4O2. The Morgan fingerprint density at radius 2 is 1.89 bits per heavy atom. The molecule has 3 aromatic rings. The van der Waals surface area contributed by atoms with Crippen LogP contribution in [0.2, 0.25) is 5.02 Å². The lowest BCUT2D eigenvalue weighted by molar-refractivity contribution is -0.136. The molecule has 0 aliphatic carbocycles. The minimum absolute atomic E-state index is 0.443. The highest BCUT2D eigenvalue weighted by Crippen LogP contribution is 2.39. The predicted molar refractivity (Wildman–Crippen MR) is 106 cm³/mol. The average Bonchev–Trinajstić information content (AvgIpc) is 3.15. The molecule has 8 heteroatoms. The molecule has 0 unspecified atom stereocenters. The lowest BCUT2D eigenvalue weighted by Gasteiger charge is -2.29. The van der Waals surface area contributed by atoms with Gasteiger partial charge in [0.15, 0.2) is 0 Å². The SMILES string of the molecule is COC(=O)C1=C(c2ccc(Cl)cc2)Nc2ncnn2[C@H]1c1ccc(Br)cc1. The maximum atomic E-state index is 12.8. The molecule has 2 aromatic carbocycles. The van der Waals surface area contributed by atoms with E-state index >= 15 is 0 Å². The Kier molecular flexibility index (Phi) is 4.72. The van der Waals surface area contributed by atoms with Gasteiger partial charge in [-0.05, 0) is 35.4 Å². The van der Waals surface area contributed by atoms with Crippen molar-refractivity contribution in [3.63, 3.8) is 0 Å². The van der Waals surface area contributed by atoms with E-state index in [9.17, 15) is 4.79 Å². The second-order valence-electron chi connectivity index (χ2n) is 5.89. The van der Waals surface area contributed by atoms with Crippen molar-refractivity contribution in [2.24, 2.45) is 0 Å². The first kappa shape index (κ1) is 17.8. The van der Waals surface area contributed by atoms with Crippen molar-refractivity contribution < 1.29 is 9.53 Å². The molecule has 1 aromatic heterocycles. The molecular weight excluding hydrogens is 432 g/mol. The highest BCUT2D eigenvalue weighted by atomic mass is 79.9. The van der Waals surface area contributed by atoms with Gasteiger partial charge >= 0.3 is 5.97 Å². The summed E-state index contributed by atoms with van der Waals surface area (Å²) in [5.41, 5.74) is 2.75. The zero-order valence-electron chi connectivity index (χ0n) is 14.2. The Morgan fingerprint density at radius 1 is 1.19 bits per heavy atom. The Hall–Kier alpha value is -2.64. The molecule has 1 aliphatic rings. The highest BCUT2D eigenvalue weighted by Gasteiger charge is 2.35. The van der Waals surface area contributed by atoms with Crippen LogP contribution in [0.15, 0.2) is 64.9 Å². The molecule has 0 radical (unpaired) electrons. The number of ether oxygens (including phenoxy) is 1. The number of nitrogens with one attached hydrogen (secondary N) is 1. The molecule has 2 heterocycles. The summed E-state index contributed by atoms with van der Waals surface area (Å²) in [5, 5.41) is 8.13. The van der Waals surface area contributed by atoms with Gasteiger partial charge in [0.1, 0.15) is 12.4 Å². The van der Waals surface area contributed by atoms with Crippen LogP contribution in [0.4, 0.5) is 5.95 Å². The number of carbonyl (C=O) groups is 1. The first-order chi connectivity index (χ1) is 13.1. The summed E-state index contributed by atoms with van der Waals surface area (Å²) in [4.78, 5) is 17.1. The topological polar surface area (TPSA) is 69.0 Å². The fourth-order valence-electron chi connectivity index (χ4n) is 3.09. The van der Waals surface area contributed by atoms with E-state index in [2.05, 4.69) is 31.3 Å². The molecule has 1 atom stereocenters. The van der Waals surface area contributed by atoms with Crippen LogP contribution in [0.5, 0.6) is 0 Å². The first-order valence-corrected chi connectivity index (χ1v) is 9.26. The largest absolute Gasteiger partial charge is 0.466 e. The monoisotopic (exact) mass is 444 g/mol. The summed E-state index contributed by atoms with van der Waals surface area (Å²) < 4.78 is 7.72. The zero-order valence-corrected chi connectivity index (χ0v) is 16.5. The predicted octanol–water partition coefficient (Wildman–Crippen LogP) is 4.29. The number of benzene rings is 2. The Bertz CT molecular complexity index is 1030. The summed E-state index contributed by atoms with van der Waals surface area (Å²) in [6, 6.07) is 14.5. The average molecular weight is 446 g/mol. The van der Waals surface area contributed by atoms with Crippen LogP contribution in [0, 0.1) is 0 Å². The normalized spacial score (nSPS) is 15.9. The number of aromatic nitrogens is 3. The van der Waals surface area contributed by atoms with Gasteiger partial charge in [-0.2, -0.15) is 10.1 Å². The smallest absolute Gasteiger partial charge is 0.338 e. The number of halogens is 2. The van der Waals surface area contributed by atoms with Crippen LogP contribution in [0.3, 0.4) is 0 Å². The molecule has 4 rings (SSSR count). The van der Waals surface area contributed by atoms with Gasteiger partial charge in [0.2, 0.25) is 5.95 Å². The maximum absolute atomic E-state index is 12.8. The first-order valence-electron chi connectivity index (χ1n) is 8.09. The number of hydrogen-bond acceptors (Lipinski definition) is 5. The van der Waals surface area contributed by atoms with Crippen molar-refractivity contribution in [1.82, 2.24) is 14.8 Å². The van der Waals surface area contributed by atoms with Gasteiger partial charge in [-0.1, -0.05) is 51.8 Å². The van der Waals surface area contributed by atoms with E-state index in [1.807, 2.05) is 36.4 Å². The van der Waals surface area contributed by atoms with E-state index in [0.29, 0.717) is 22.2 Å². The summed E-state index contributed by atoms with van der Waals surface area (Å²) >= 11 is 9.46. The number of fused-ring (bicyclic) bond motifs is 1. The molecule has 0 amide bonds. The van der Waals surface area contributed by atoms with Gasteiger partial charge in [0.05, 0.1) is 18.4 Å². The van der Waals surface area contributed by atoms with Crippen molar-refractivity contribution >= 4 is 45.1 Å². The van der Waals surface area contributed by atoms with Crippen LogP contribution in [0.1, 0.15) is 17.2 Å². The Balaban J connectivity index is 1.96. The van der Waals surface area contributed by atoms with Gasteiger partial charge in [0, 0.05) is 9.50 Å². The minimum Gasteiger partial charge on any atom is -0.466 e. The quantitative estimate of drug-likeness (QED) is 0.609. The second kappa shape index (κ2) is 7.17. The molecule has 0 spiro atoms. The number of hydrogen-bond donors (Lipinski definition) is 1. The molecule has 0 fully saturated rings. The molecule has 27 heavy (non-hydrogen) atoms. The molecule has 0 saturated carbocycles. The summed E-state index contributed by atoms with van der Waals surface area (Å²) in [7, 11) is 1.37. The van der Waals surface area contributed by atoms with Crippen LogP contribution < -0.4 is 5.32 Å². The molecule has 6 nitrogen and oxygen atoms in total. The fraction of sp³-hybridized carbons (Fsp3) is 0.105. The maximum Gasteiger partial charge on any atom is 0.338 e. The van der Waals surface area contributed by atoms with Crippen molar-refractivity contribution in [3.8, 4) is 0 Å². The molecule has 0 bridgehead atoms. The Morgan fingerprint density at radius 3 is 2.56 bits per heavy atom. The number of nitrogens with zero attached hydrogens (tertiary/aromatic N) is 3. The van der Waals surface area contributed by atoms with Crippen molar-refractivity contribution in [3.05, 3.63) is 81.1 Å². The number of methoxy groups -OCH3 is 1. The molecule has 1 aliphatic heterocycles. The fourth-order valence-corrected chi connectivity index (χ4v) is 3.48. The summed E-state index contributed by atoms with van der Waals surface area (Å²) in [5.74, 6) is 0.0991. The number of esters is 1. The van der Waals surface area contributed by atoms with Crippen molar-refractivity contribution in [2.75, 3.05) is 12.4 Å². The third-order valence-electron chi connectivity index (χ3n) is 4.32. The lowest BCUT2D eigenvalue weighted by Crippen LogP contribution is -2.29. The van der Waals surface area contributed by atoms with E-state index in [-0.39, 0.29) is 0 Å². The standard InChI is InChI=1S/C19H14BrClN4O2/c1-27-18(26)15-16(11-4-8-14(21)9-5-11)24-19-22-10-23-25(19)17(15)12-2-6-13(20)7-3-12/h2-10,17H,1H3,(H,22,23,24)/t17-/m0/s1. The third-order valence-corrected chi connectivity index (χ3v) is 5.10. The van der Waals surface area contributed by atoms with E-state index < -0.39 is 12.0 Å². The van der Waals surface area contributed by atoms with Gasteiger partial charge in [0.25, 0.3) is 0 Å². The van der Waals surface area contributed by atoms with Crippen molar-refractivity contribution in [2.45, 2.75) is 6.04 Å². The van der Waals surface area contributed by atoms with Crippen LogP contribution >= 0.6 is 27.5 Å². The molecule has 136 valence electrons. The summed E-state index contributed by atoms with van der Waals surface area (Å²) in [6.07, 6.45) is 1.45. The Labute approximate surface area is 168 Å². The van der Waals surface area contributed by atoms with Gasteiger partial charge in [-0.3, -0.25) is 0 Å². The van der Waals surface area contributed by atoms with E-state index in [4.69, 9.17) is 16.3 Å². The van der Waals surface area contributed by atoms with Crippen LogP contribution in [0.25, 0.3) is 5.70 Å². The van der Waals surface area contributed by atoms with Crippen LogP contribution in [-0.4, -0.2) is 27.8 Å². The van der Waals surface area contributed by atoms with Gasteiger partial charge < -0.3 is 10.1 Å². The van der Waals surface area contributed by atoms with Gasteiger partial charge in [-0.15, -0.1) is 0 Å². The number of rotatable bonds is 3. The number of carbonyl (C=O) groups excluding carboxylic acids is 1. The third kappa shape index (κ3) is 3.24. The highest BCUT2D eigenvalue weighted by molar-refractivity contribution is 9.10. The second-order valence-corrected chi connectivity index (χ2v) is 7.25. The van der Waals surface area contributed by atoms with Gasteiger partial charge in [-0.25, -0.2) is 9.48 Å². The summed E-state index contributed by atoms with van der Waals surface area (Å²) in [6.45, 7) is 0. The van der Waals surface area contributed by atoms with E-state index in [0.717, 1.165) is 15.6 Å². The van der Waals surface area contributed by atoms with Crippen LogP contribution in [-0.2, 0) is 9.53 Å².